The molecular formula is C13H10Cl2N4. The molecule has 6 heteroatoms. The molecule has 1 N–H and O–H groups in total. The lowest BCUT2D eigenvalue weighted by atomic mass is 10.3. The molecule has 0 fully saturated rings. The summed E-state index contributed by atoms with van der Waals surface area (Å²) >= 11 is 11.9. The van der Waals surface area contributed by atoms with Crippen LogP contribution in [-0.4, -0.2) is 6.34 Å². The van der Waals surface area contributed by atoms with Crippen LogP contribution in [0.25, 0.3) is 0 Å². The van der Waals surface area contributed by atoms with Gasteiger partial charge in [-0.15, -0.1) is 10.2 Å². The molecule has 19 heavy (non-hydrogen) atoms. The Bertz CT molecular complexity index is 611. The average molecular weight is 293 g/mol. The zero-order chi connectivity index (χ0) is 13.5. The van der Waals surface area contributed by atoms with Crippen molar-refractivity contribution in [3.63, 3.8) is 0 Å². The maximum atomic E-state index is 5.95. The Morgan fingerprint density at radius 2 is 1.58 bits per heavy atom. The number of hydrogen-bond donors (Lipinski definition) is 1. The van der Waals surface area contributed by atoms with Crippen molar-refractivity contribution in [2.45, 2.75) is 0 Å². The van der Waals surface area contributed by atoms with Crippen LogP contribution in [0.3, 0.4) is 0 Å². The second-order valence-electron chi connectivity index (χ2n) is 3.50. The van der Waals surface area contributed by atoms with E-state index in [1.807, 2.05) is 30.3 Å². The maximum absolute atomic E-state index is 5.95. The fourth-order valence-electron chi connectivity index (χ4n) is 1.30. The number of benzene rings is 2. The Kier molecular flexibility index (Phi) is 4.89. The number of anilines is 1. The fourth-order valence-corrected chi connectivity index (χ4v) is 1.65. The van der Waals surface area contributed by atoms with Gasteiger partial charge in [0, 0.05) is 0 Å². The number of nitrogens with zero attached hydrogens (tertiary/aromatic N) is 3. The van der Waals surface area contributed by atoms with E-state index in [-0.39, 0.29) is 0 Å². The minimum absolute atomic E-state index is 0.540. The summed E-state index contributed by atoms with van der Waals surface area (Å²) in [7, 11) is 0. The summed E-state index contributed by atoms with van der Waals surface area (Å²) in [6.07, 6.45) is 1.28. The highest BCUT2D eigenvalue weighted by molar-refractivity contribution is 6.33. The Morgan fingerprint density at radius 3 is 2.32 bits per heavy atom. The average Bonchev–Trinajstić information content (AvgIpc) is 2.42. The van der Waals surface area contributed by atoms with E-state index in [0.29, 0.717) is 21.4 Å². The number of azo groups is 1. The number of rotatable bonds is 4. The van der Waals surface area contributed by atoms with E-state index in [1.54, 1.807) is 18.2 Å². The molecule has 0 radical (unpaired) electrons. The highest BCUT2D eigenvalue weighted by atomic mass is 35.5. The van der Waals surface area contributed by atoms with Crippen LogP contribution < -0.4 is 5.43 Å². The Labute approximate surface area is 120 Å². The van der Waals surface area contributed by atoms with Gasteiger partial charge >= 0.3 is 0 Å². The summed E-state index contributed by atoms with van der Waals surface area (Å²) in [5, 5.41) is 12.7. The third kappa shape index (κ3) is 4.05. The first-order chi connectivity index (χ1) is 9.27. The number of hydrazone groups is 1. The topological polar surface area (TPSA) is 49.1 Å². The zero-order valence-electron chi connectivity index (χ0n) is 9.79. The SMILES string of the molecule is Clc1ccccc1N=NC=NNc1ccccc1Cl. The first-order valence-electron chi connectivity index (χ1n) is 5.45. The largest absolute Gasteiger partial charge is 0.275 e. The number of nitrogens with one attached hydrogen (secondary N) is 1. The highest BCUT2D eigenvalue weighted by Gasteiger charge is 1.95. The smallest absolute Gasteiger partial charge is 0.158 e. The fraction of sp³-hybridized carbons (Fsp3) is 0. The van der Waals surface area contributed by atoms with Gasteiger partial charge in [-0.2, -0.15) is 5.10 Å². The van der Waals surface area contributed by atoms with Crippen LogP contribution in [0, 0.1) is 0 Å². The molecule has 0 saturated carbocycles. The third-order valence-electron chi connectivity index (χ3n) is 2.19. The first-order valence-corrected chi connectivity index (χ1v) is 6.20. The second kappa shape index (κ2) is 6.87. The van der Waals surface area contributed by atoms with Gasteiger partial charge in [0.2, 0.25) is 0 Å². The van der Waals surface area contributed by atoms with Crippen molar-refractivity contribution in [1.82, 2.24) is 0 Å². The van der Waals surface area contributed by atoms with Gasteiger partial charge in [0.25, 0.3) is 0 Å². The van der Waals surface area contributed by atoms with Crippen LogP contribution >= 0.6 is 23.2 Å². The number of hydrogen-bond acceptors (Lipinski definition) is 3. The maximum Gasteiger partial charge on any atom is 0.158 e. The summed E-state index contributed by atoms with van der Waals surface area (Å²) in [4.78, 5) is 0. The molecule has 0 aliphatic heterocycles. The monoisotopic (exact) mass is 292 g/mol. The lowest BCUT2D eigenvalue weighted by Crippen LogP contribution is -1.88. The zero-order valence-corrected chi connectivity index (χ0v) is 11.3. The summed E-state index contributed by atoms with van der Waals surface area (Å²) < 4.78 is 0. The molecule has 4 nitrogen and oxygen atoms in total. The Morgan fingerprint density at radius 1 is 0.895 bits per heavy atom. The standard InChI is InChI=1S/C13H10Cl2N4/c14-10-5-1-3-7-12(10)18-16-9-17-19-13-8-4-2-6-11(13)15/h1-9,18H. The molecule has 0 atom stereocenters. The molecule has 0 bridgehead atoms. The van der Waals surface area contributed by atoms with Crippen molar-refractivity contribution in [2.24, 2.45) is 15.3 Å². The van der Waals surface area contributed by atoms with Crippen LogP contribution in [0.2, 0.25) is 10.0 Å². The minimum Gasteiger partial charge on any atom is -0.275 e. The van der Waals surface area contributed by atoms with Crippen LogP contribution in [0.1, 0.15) is 0 Å². The number of halogens is 2. The molecule has 96 valence electrons. The lowest BCUT2D eigenvalue weighted by molar-refractivity contribution is 1.26. The van der Waals surface area contributed by atoms with Crippen molar-refractivity contribution in [1.29, 1.82) is 0 Å². The quantitative estimate of drug-likeness (QED) is 0.361. The molecule has 0 heterocycles. The van der Waals surface area contributed by atoms with Gasteiger partial charge in [0.1, 0.15) is 5.69 Å². The van der Waals surface area contributed by atoms with E-state index >= 15 is 0 Å². The molecule has 0 aromatic heterocycles. The van der Waals surface area contributed by atoms with E-state index in [4.69, 9.17) is 23.2 Å². The summed E-state index contributed by atoms with van der Waals surface area (Å²) in [5.41, 5.74) is 4.06. The second-order valence-corrected chi connectivity index (χ2v) is 4.32. The summed E-state index contributed by atoms with van der Waals surface area (Å²) in [5.74, 6) is 0. The molecule has 0 aliphatic rings. The van der Waals surface area contributed by atoms with E-state index < -0.39 is 0 Å². The predicted molar refractivity (Wildman–Crippen MR) is 79.5 cm³/mol. The van der Waals surface area contributed by atoms with Gasteiger partial charge in [-0.25, -0.2) is 0 Å². The van der Waals surface area contributed by atoms with E-state index in [0.717, 1.165) is 0 Å². The van der Waals surface area contributed by atoms with Crippen molar-refractivity contribution in [3.05, 3.63) is 58.6 Å². The molecule has 0 spiro atoms. The Hall–Kier alpha value is -1.91. The summed E-state index contributed by atoms with van der Waals surface area (Å²) in [6.45, 7) is 0. The van der Waals surface area contributed by atoms with Crippen LogP contribution in [-0.2, 0) is 0 Å². The van der Waals surface area contributed by atoms with Crippen LogP contribution in [0.4, 0.5) is 11.4 Å². The molecular weight excluding hydrogens is 283 g/mol. The van der Waals surface area contributed by atoms with Crippen molar-refractivity contribution < 1.29 is 0 Å². The van der Waals surface area contributed by atoms with E-state index in [2.05, 4.69) is 20.8 Å². The Balaban J connectivity index is 1.94. The predicted octanol–water partition coefficient (Wildman–Crippen LogP) is 5.13. The van der Waals surface area contributed by atoms with Crippen molar-refractivity contribution in [3.8, 4) is 0 Å². The van der Waals surface area contributed by atoms with Crippen molar-refractivity contribution in [2.75, 3.05) is 5.43 Å². The minimum atomic E-state index is 0.540. The van der Waals surface area contributed by atoms with Crippen molar-refractivity contribution >= 4 is 40.9 Å². The van der Waals surface area contributed by atoms with Gasteiger partial charge in [-0.05, 0) is 24.3 Å². The first kappa shape index (κ1) is 13.5. The van der Waals surface area contributed by atoms with Gasteiger partial charge in [-0.1, -0.05) is 47.5 Å². The van der Waals surface area contributed by atoms with E-state index in [1.165, 1.54) is 6.34 Å². The third-order valence-corrected chi connectivity index (χ3v) is 2.84. The molecule has 2 aromatic rings. The molecule has 0 amide bonds. The lowest BCUT2D eigenvalue weighted by Gasteiger charge is -2.00. The van der Waals surface area contributed by atoms with E-state index in [9.17, 15) is 0 Å². The number of para-hydroxylation sites is 1. The molecule has 0 unspecified atom stereocenters. The van der Waals surface area contributed by atoms with Gasteiger partial charge in [-0.3, -0.25) is 5.43 Å². The molecule has 0 saturated heterocycles. The van der Waals surface area contributed by atoms with Gasteiger partial charge in [0.05, 0.1) is 15.7 Å². The highest BCUT2D eigenvalue weighted by Crippen LogP contribution is 2.23. The van der Waals surface area contributed by atoms with Crippen LogP contribution in [0.5, 0.6) is 0 Å². The summed E-state index contributed by atoms with van der Waals surface area (Å²) in [6, 6.07) is 14.4. The van der Waals surface area contributed by atoms with Crippen LogP contribution in [0.15, 0.2) is 63.9 Å². The molecule has 2 aromatic carbocycles. The molecule has 2 rings (SSSR count). The normalized spacial score (nSPS) is 11.3. The van der Waals surface area contributed by atoms with Gasteiger partial charge < -0.3 is 0 Å². The molecule has 0 aliphatic carbocycles. The van der Waals surface area contributed by atoms with Gasteiger partial charge in [0.15, 0.2) is 6.34 Å².